The van der Waals surface area contributed by atoms with E-state index in [0.29, 0.717) is 6.54 Å². The average Bonchev–Trinajstić information content (AvgIpc) is 2.39. The van der Waals surface area contributed by atoms with Crippen molar-refractivity contribution in [1.29, 1.82) is 0 Å². The zero-order valence-electron chi connectivity index (χ0n) is 11.6. The molecule has 0 spiro atoms. The Labute approximate surface area is 117 Å². The van der Waals surface area contributed by atoms with E-state index in [1.807, 2.05) is 0 Å². The average molecular weight is 303 g/mol. The normalized spacial score (nSPS) is 11.4. The number of hydrogen-bond donors (Lipinski definition) is 2. The Morgan fingerprint density at radius 3 is 2.60 bits per heavy atom. The molecule has 3 N–H and O–H groups in total. The molecule has 0 aromatic heterocycles. The molecule has 0 radical (unpaired) electrons. The summed E-state index contributed by atoms with van der Waals surface area (Å²) >= 11 is 0. The van der Waals surface area contributed by atoms with Crippen LogP contribution in [0, 0.1) is 12.7 Å². The lowest BCUT2D eigenvalue weighted by Crippen LogP contribution is -2.38. The lowest BCUT2D eigenvalue weighted by molar-refractivity contribution is -0.128. The molecule has 6 nitrogen and oxygen atoms in total. The molecular formula is C12H18FN3O3S. The summed E-state index contributed by atoms with van der Waals surface area (Å²) in [5, 5.41) is 0. The number of aryl methyl sites for hydroxylation is 1. The van der Waals surface area contributed by atoms with E-state index in [9.17, 15) is 17.6 Å². The van der Waals surface area contributed by atoms with Gasteiger partial charge in [0.15, 0.2) is 0 Å². The molecule has 0 bridgehead atoms. The molecule has 0 aliphatic carbocycles. The lowest BCUT2D eigenvalue weighted by Gasteiger charge is -2.15. The second-order valence-electron chi connectivity index (χ2n) is 4.37. The summed E-state index contributed by atoms with van der Waals surface area (Å²) in [6.45, 7) is 3.35. The van der Waals surface area contributed by atoms with Gasteiger partial charge in [-0.1, -0.05) is 0 Å². The largest absolute Gasteiger partial charge is 0.396 e. The van der Waals surface area contributed by atoms with E-state index in [1.165, 1.54) is 11.8 Å². The number of nitrogens with two attached hydrogens (primary N) is 1. The van der Waals surface area contributed by atoms with Crippen LogP contribution in [0.15, 0.2) is 17.0 Å². The molecule has 0 atom stereocenters. The number of carbonyl (C=O) groups is 1. The number of nitrogens with one attached hydrogen (secondary N) is 1. The fourth-order valence-corrected chi connectivity index (χ4v) is 2.74. The maximum absolute atomic E-state index is 13.2. The number of amides is 1. The Morgan fingerprint density at radius 2 is 2.05 bits per heavy atom. The van der Waals surface area contributed by atoms with E-state index in [0.717, 1.165) is 12.1 Å². The minimum Gasteiger partial charge on any atom is -0.396 e. The van der Waals surface area contributed by atoms with Gasteiger partial charge in [-0.3, -0.25) is 4.79 Å². The predicted molar refractivity (Wildman–Crippen MR) is 74.0 cm³/mol. The molecule has 0 aliphatic rings. The van der Waals surface area contributed by atoms with Crippen molar-refractivity contribution in [2.45, 2.75) is 18.7 Å². The Kier molecular flexibility index (Phi) is 5.07. The minimum absolute atomic E-state index is 0.136. The van der Waals surface area contributed by atoms with Crippen molar-refractivity contribution >= 4 is 21.6 Å². The van der Waals surface area contributed by atoms with Gasteiger partial charge in [0.1, 0.15) is 5.82 Å². The molecule has 112 valence electrons. The third-order valence-corrected chi connectivity index (χ3v) is 4.44. The summed E-state index contributed by atoms with van der Waals surface area (Å²) in [5.74, 6) is -1.04. The van der Waals surface area contributed by atoms with Crippen LogP contribution in [0.5, 0.6) is 0 Å². The summed E-state index contributed by atoms with van der Waals surface area (Å²) in [5.41, 5.74) is 5.34. The fourth-order valence-electron chi connectivity index (χ4n) is 1.50. The summed E-state index contributed by atoms with van der Waals surface area (Å²) < 4.78 is 39.5. The highest BCUT2D eigenvalue weighted by Gasteiger charge is 2.20. The summed E-state index contributed by atoms with van der Waals surface area (Å²) in [7, 11) is -2.34. The topological polar surface area (TPSA) is 92.5 Å². The maximum atomic E-state index is 13.2. The molecular weight excluding hydrogens is 285 g/mol. The summed E-state index contributed by atoms with van der Waals surface area (Å²) in [6, 6.07) is 2.09. The highest BCUT2D eigenvalue weighted by atomic mass is 32.2. The third kappa shape index (κ3) is 3.67. The van der Waals surface area contributed by atoms with Crippen molar-refractivity contribution < 1.29 is 17.6 Å². The van der Waals surface area contributed by atoms with Gasteiger partial charge in [-0.15, -0.1) is 0 Å². The van der Waals surface area contributed by atoms with Gasteiger partial charge in [0.05, 0.1) is 17.1 Å². The number of rotatable bonds is 5. The van der Waals surface area contributed by atoms with Crippen molar-refractivity contribution in [3.8, 4) is 0 Å². The van der Waals surface area contributed by atoms with Gasteiger partial charge in [-0.2, -0.15) is 0 Å². The van der Waals surface area contributed by atoms with Crippen molar-refractivity contribution in [3.63, 3.8) is 0 Å². The van der Waals surface area contributed by atoms with Crippen molar-refractivity contribution in [1.82, 2.24) is 9.62 Å². The van der Waals surface area contributed by atoms with Gasteiger partial charge in [-0.05, 0) is 31.5 Å². The molecule has 0 saturated carbocycles. The van der Waals surface area contributed by atoms with Gasteiger partial charge in [0.2, 0.25) is 15.9 Å². The van der Waals surface area contributed by atoms with Crippen LogP contribution in [0.2, 0.25) is 0 Å². The van der Waals surface area contributed by atoms with Gasteiger partial charge in [0.25, 0.3) is 0 Å². The first-order valence-corrected chi connectivity index (χ1v) is 7.46. The molecule has 1 aromatic rings. The highest BCUT2D eigenvalue weighted by Crippen LogP contribution is 2.21. The molecule has 0 saturated heterocycles. The van der Waals surface area contributed by atoms with E-state index >= 15 is 0 Å². The van der Waals surface area contributed by atoms with Gasteiger partial charge < -0.3 is 10.6 Å². The first kappa shape index (κ1) is 16.4. The number of benzene rings is 1. The SMILES string of the molecule is CCN(C)C(=O)CNS(=O)(=O)c1cc(N)c(F)cc1C. The highest BCUT2D eigenvalue weighted by molar-refractivity contribution is 7.89. The monoisotopic (exact) mass is 303 g/mol. The van der Waals surface area contributed by atoms with E-state index in [-0.39, 0.29) is 28.6 Å². The van der Waals surface area contributed by atoms with Crippen LogP contribution in [0.25, 0.3) is 0 Å². The van der Waals surface area contributed by atoms with E-state index in [4.69, 9.17) is 5.73 Å². The van der Waals surface area contributed by atoms with Crippen LogP contribution in [0.4, 0.5) is 10.1 Å². The third-order valence-electron chi connectivity index (χ3n) is 2.90. The van der Waals surface area contributed by atoms with Crippen LogP contribution < -0.4 is 10.5 Å². The number of nitrogen functional groups attached to an aromatic ring is 1. The summed E-state index contributed by atoms with van der Waals surface area (Å²) in [4.78, 5) is 12.8. The van der Waals surface area contributed by atoms with Crippen LogP contribution in [0.1, 0.15) is 12.5 Å². The number of likely N-dealkylation sites (N-methyl/N-ethyl adjacent to an activating group) is 1. The molecule has 1 rings (SSSR count). The van der Waals surface area contributed by atoms with Gasteiger partial charge in [0, 0.05) is 13.6 Å². The van der Waals surface area contributed by atoms with Crippen LogP contribution in [0.3, 0.4) is 0 Å². The maximum Gasteiger partial charge on any atom is 0.241 e. The number of anilines is 1. The first-order valence-electron chi connectivity index (χ1n) is 5.98. The molecule has 0 unspecified atom stereocenters. The first-order chi connectivity index (χ1) is 9.19. The Bertz CT molecular complexity index is 617. The molecule has 1 aromatic carbocycles. The zero-order valence-corrected chi connectivity index (χ0v) is 12.4. The van der Waals surface area contributed by atoms with Gasteiger partial charge in [-0.25, -0.2) is 17.5 Å². The molecule has 0 heterocycles. The number of nitrogens with zero attached hydrogens (tertiary/aromatic N) is 1. The van der Waals surface area contributed by atoms with Crippen LogP contribution in [-0.4, -0.2) is 39.4 Å². The lowest BCUT2D eigenvalue weighted by atomic mass is 10.2. The molecule has 20 heavy (non-hydrogen) atoms. The van der Waals surface area contributed by atoms with E-state index in [1.54, 1.807) is 14.0 Å². The van der Waals surface area contributed by atoms with Crippen LogP contribution >= 0.6 is 0 Å². The Hall–Kier alpha value is -1.67. The van der Waals surface area contributed by atoms with Crippen molar-refractivity contribution in [2.24, 2.45) is 0 Å². The quantitative estimate of drug-likeness (QED) is 0.774. The minimum atomic E-state index is -3.91. The smallest absolute Gasteiger partial charge is 0.241 e. The number of carbonyl (C=O) groups excluding carboxylic acids is 1. The summed E-state index contributed by atoms with van der Waals surface area (Å²) in [6.07, 6.45) is 0. The molecule has 0 fully saturated rings. The second-order valence-corrected chi connectivity index (χ2v) is 6.11. The Balaban J connectivity index is 2.95. The fraction of sp³-hybridized carbons (Fsp3) is 0.417. The molecule has 0 aliphatic heterocycles. The second kappa shape index (κ2) is 6.19. The number of halogens is 1. The van der Waals surface area contributed by atoms with Crippen molar-refractivity contribution in [2.75, 3.05) is 25.9 Å². The number of hydrogen-bond acceptors (Lipinski definition) is 4. The Morgan fingerprint density at radius 1 is 1.45 bits per heavy atom. The number of sulfonamides is 1. The van der Waals surface area contributed by atoms with E-state index < -0.39 is 15.8 Å². The van der Waals surface area contributed by atoms with Gasteiger partial charge >= 0.3 is 0 Å². The predicted octanol–water partition coefficient (Wildman–Crippen LogP) is 0.473. The van der Waals surface area contributed by atoms with Crippen molar-refractivity contribution in [3.05, 3.63) is 23.5 Å². The molecule has 8 heteroatoms. The van der Waals surface area contributed by atoms with E-state index in [2.05, 4.69) is 4.72 Å². The zero-order chi connectivity index (χ0) is 15.5. The standard InChI is InChI=1S/C12H18FN3O3S/c1-4-16(3)12(17)7-15-20(18,19)11-6-10(14)9(13)5-8(11)2/h5-6,15H,4,7,14H2,1-3H3. The van der Waals surface area contributed by atoms with Crippen LogP contribution in [-0.2, 0) is 14.8 Å². The molecule has 1 amide bonds.